The maximum atomic E-state index is 2.29. The molecule has 3 aromatic carbocycles. The summed E-state index contributed by atoms with van der Waals surface area (Å²) in [6, 6.07) is 33.1. The van der Waals surface area contributed by atoms with Crippen molar-refractivity contribution >= 4 is 17.1 Å². The van der Waals surface area contributed by atoms with Crippen LogP contribution < -0.4 is 4.48 Å². The van der Waals surface area contributed by atoms with Crippen LogP contribution in [0.4, 0.5) is 17.1 Å². The van der Waals surface area contributed by atoms with E-state index in [0.29, 0.717) is 0 Å². The highest BCUT2D eigenvalue weighted by molar-refractivity contribution is 5.70. The minimum absolute atomic E-state index is 0.791. The van der Waals surface area contributed by atoms with Gasteiger partial charge in [-0.2, -0.15) is 0 Å². The molecule has 0 aliphatic heterocycles. The lowest BCUT2D eigenvalue weighted by atomic mass is 10.0. The van der Waals surface area contributed by atoms with Crippen LogP contribution in [0.5, 0.6) is 0 Å². The van der Waals surface area contributed by atoms with Crippen LogP contribution in [0.15, 0.2) is 91.0 Å². The second-order valence-electron chi connectivity index (χ2n) is 8.37. The third kappa shape index (κ3) is 5.83. The second kappa shape index (κ2) is 12.3. The molecule has 0 spiro atoms. The Balaban J connectivity index is 1.77. The average Bonchev–Trinajstić information content (AvgIpc) is 2.82. The third-order valence-corrected chi connectivity index (χ3v) is 6.19. The summed E-state index contributed by atoms with van der Waals surface area (Å²) in [5.41, 5.74) is 4.03. The summed E-state index contributed by atoms with van der Waals surface area (Å²) in [6.07, 6.45) is 12.2. The first-order chi connectivity index (χ1) is 14.9. The fraction of sp³-hybridized carbons (Fsp3) is 0.379. The van der Waals surface area contributed by atoms with Gasteiger partial charge in [-0.3, -0.25) is 0 Å². The summed E-state index contributed by atoms with van der Waals surface area (Å²) in [7, 11) is 0. The molecule has 0 atom stereocenters. The van der Waals surface area contributed by atoms with Crippen molar-refractivity contribution in [3.05, 3.63) is 91.0 Å². The molecule has 0 radical (unpaired) electrons. The Hall–Kier alpha value is -2.38. The van der Waals surface area contributed by atoms with Crippen molar-refractivity contribution < 1.29 is 0 Å². The standard InChI is InChI=1S/C29H38N/c1-2-3-4-5-6-7-8-9-19-26-30(27-20-13-10-14-21-27,28-22-15-11-16-23-28)29-24-17-12-18-25-29/h10-18,20-25H,2-9,19,26H2,1H3/q+1. The number of benzene rings is 3. The molecule has 0 N–H and O–H groups in total. The Bertz CT molecular complexity index is 714. The van der Waals surface area contributed by atoms with Gasteiger partial charge in [-0.1, -0.05) is 106 Å². The van der Waals surface area contributed by atoms with Crippen molar-refractivity contribution in [1.82, 2.24) is 4.48 Å². The molecular weight excluding hydrogens is 362 g/mol. The zero-order valence-electron chi connectivity index (χ0n) is 18.7. The van der Waals surface area contributed by atoms with Crippen LogP contribution >= 0.6 is 0 Å². The van der Waals surface area contributed by atoms with Gasteiger partial charge in [0.2, 0.25) is 0 Å². The number of unbranched alkanes of at least 4 members (excludes halogenated alkanes) is 8. The maximum Gasteiger partial charge on any atom is 0.143 e. The van der Waals surface area contributed by atoms with Gasteiger partial charge < -0.3 is 0 Å². The molecule has 158 valence electrons. The van der Waals surface area contributed by atoms with Gasteiger partial charge in [0, 0.05) is 0 Å². The van der Waals surface area contributed by atoms with E-state index in [4.69, 9.17) is 0 Å². The van der Waals surface area contributed by atoms with E-state index in [-0.39, 0.29) is 0 Å². The highest BCUT2D eigenvalue weighted by atomic mass is 15.4. The molecule has 0 aliphatic carbocycles. The summed E-state index contributed by atoms with van der Waals surface area (Å²) in [5, 5.41) is 0. The topological polar surface area (TPSA) is 0 Å². The molecule has 0 aliphatic rings. The van der Waals surface area contributed by atoms with Gasteiger partial charge in [0.05, 0.1) is 6.54 Å². The molecule has 3 aromatic rings. The lowest BCUT2D eigenvalue weighted by molar-refractivity contribution is 0.473. The molecule has 0 bridgehead atoms. The fourth-order valence-electron chi connectivity index (χ4n) is 4.54. The minimum Gasteiger partial charge on any atom is -0.227 e. The Morgan fingerprint density at radius 1 is 0.433 bits per heavy atom. The number of hydrogen-bond acceptors (Lipinski definition) is 0. The van der Waals surface area contributed by atoms with E-state index >= 15 is 0 Å². The van der Waals surface area contributed by atoms with Crippen molar-refractivity contribution in [2.24, 2.45) is 0 Å². The number of nitrogens with zero attached hydrogens (tertiary/aromatic N) is 1. The summed E-state index contributed by atoms with van der Waals surface area (Å²) in [4.78, 5) is 0. The van der Waals surface area contributed by atoms with Gasteiger partial charge in [-0.05, 0) is 49.2 Å². The molecule has 0 aromatic heterocycles. The van der Waals surface area contributed by atoms with Crippen molar-refractivity contribution in [2.75, 3.05) is 6.54 Å². The monoisotopic (exact) mass is 400 g/mol. The van der Waals surface area contributed by atoms with Crippen LogP contribution in [0.25, 0.3) is 0 Å². The molecule has 0 fully saturated rings. The largest absolute Gasteiger partial charge is 0.227 e. The first kappa shape index (κ1) is 22.3. The molecule has 0 saturated carbocycles. The van der Waals surface area contributed by atoms with Gasteiger partial charge in [-0.25, -0.2) is 4.48 Å². The van der Waals surface area contributed by atoms with E-state index in [1.165, 1.54) is 74.8 Å². The molecule has 0 amide bonds. The smallest absolute Gasteiger partial charge is 0.143 e. The predicted molar refractivity (Wildman–Crippen MR) is 133 cm³/mol. The third-order valence-electron chi connectivity index (χ3n) is 6.19. The van der Waals surface area contributed by atoms with Crippen molar-refractivity contribution in [1.29, 1.82) is 0 Å². The lowest BCUT2D eigenvalue weighted by Gasteiger charge is -2.37. The molecular formula is C29H38N+. The summed E-state index contributed by atoms with van der Waals surface area (Å²) in [6.45, 7) is 3.38. The van der Waals surface area contributed by atoms with Crippen LogP contribution in [0.2, 0.25) is 0 Å². The van der Waals surface area contributed by atoms with E-state index in [2.05, 4.69) is 97.9 Å². The molecule has 30 heavy (non-hydrogen) atoms. The fourth-order valence-corrected chi connectivity index (χ4v) is 4.54. The van der Waals surface area contributed by atoms with Crippen LogP contribution in [0, 0.1) is 0 Å². The molecule has 0 saturated heterocycles. The Labute approximate surface area is 184 Å². The Kier molecular flexibility index (Phi) is 9.18. The van der Waals surface area contributed by atoms with Gasteiger partial charge in [0.1, 0.15) is 17.1 Å². The zero-order chi connectivity index (χ0) is 20.9. The first-order valence-electron chi connectivity index (χ1n) is 11.9. The van der Waals surface area contributed by atoms with Crippen molar-refractivity contribution in [3.63, 3.8) is 0 Å². The highest BCUT2D eigenvalue weighted by Gasteiger charge is 2.35. The summed E-state index contributed by atoms with van der Waals surface area (Å²) in [5.74, 6) is 0. The zero-order valence-corrected chi connectivity index (χ0v) is 18.7. The summed E-state index contributed by atoms with van der Waals surface area (Å²) < 4.78 is 0.791. The van der Waals surface area contributed by atoms with E-state index in [0.717, 1.165) is 11.0 Å². The minimum atomic E-state index is 0.791. The molecule has 0 heterocycles. The quantitative estimate of drug-likeness (QED) is 0.198. The maximum absolute atomic E-state index is 2.29. The second-order valence-corrected chi connectivity index (χ2v) is 8.37. The van der Waals surface area contributed by atoms with Crippen molar-refractivity contribution in [3.8, 4) is 0 Å². The van der Waals surface area contributed by atoms with Crippen LogP contribution in [0.3, 0.4) is 0 Å². The van der Waals surface area contributed by atoms with E-state index in [1.54, 1.807) is 0 Å². The SMILES string of the molecule is CCCCCCCCCCC[N+](c1ccccc1)(c1ccccc1)c1ccccc1. The highest BCUT2D eigenvalue weighted by Crippen LogP contribution is 2.43. The molecule has 1 nitrogen and oxygen atoms in total. The first-order valence-corrected chi connectivity index (χ1v) is 11.9. The van der Waals surface area contributed by atoms with Gasteiger partial charge in [0.25, 0.3) is 0 Å². The normalized spacial score (nSPS) is 11.5. The molecule has 1 heteroatoms. The number of quaternary nitrogens is 1. The van der Waals surface area contributed by atoms with Crippen LogP contribution in [-0.2, 0) is 0 Å². The van der Waals surface area contributed by atoms with Gasteiger partial charge in [-0.15, -0.1) is 0 Å². The van der Waals surface area contributed by atoms with Crippen LogP contribution in [-0.4, -0.2) is 6.54 Å². The van der Waals surface area contributed by atoms with E-state index in [9.17, 15) is 0 Å². The van der Waals surface area contributed by atoms with Gasteiger partial charge >= 0.3 is 0 Å². The van der Waals surface area contributed by atoms with E-state index < -0.39 is 0 Å². The van der Waals surface area contributed by atoms with E-state index in [1.807, 2.05) is 0 Å². The lowest BCUT2D eigenvalue weighted by Crippen LogP contribution is -2.39. The number of hydrogen-bond donors (Lipinski definition) is 0. The number of rotatable bonds is 13. The molecule has 3 rings (SSSR count). The van der Waals surface area contributed by atoms with Gasteiger partial charge in [0.15, 0.2) is 0 Å². The Morgan fingerprint density at radius 2 is 0.767 bits per heavy atom. The average molecular weight is 401 g/mol. The van der Waals surface area contributed by atoms with Crippen LogP contribution in [0.1, 0.15) is 64.7 Å². The van der Waals surface area contributed by atoms with Crippen molar-refractivity contribution in [2.45, 2.75) is 64.7 Å². The number of para-hydroxylation sites is 3. The predicted octanol–water partition coefficient (Wildman–Crippen LogP) is 9.19. The summed E-state index contributed by atoms with van der Waals surface area (Å²) >= 11 is 0. The Morgan fingerprint density at radius 3 is 1.13 bits per heavy atom. The molecule has 0 unspecified atom stereocenters.